The van der Waals surface area contributed by atoms with Gasteiger partial charge in [-0.05, 0) is 38.5 Å². The summed E-state index contributed by atoms with van der Waals surface area (Å²) in [4.78, 5) is 25.1. The molecule has 0 saturated carbocycles. The van der Waals surface area contributed by atoms with Crippen LogP contribution in [-0.2, 0) is 28.5 Å². The third-order valence-corrected chi connectivity index (χ3v) is 9.15. The first-order valence-electron chi connectivity index (χ1n) is 19.8. The number of hydrogen-bond acceptors (Lipinski definition) is 10. The number of carbonyl (C=O) groups excluding carboxylic acids is 2. The molecule has 1 aliphatic rings. The molecule has 6 atom stereocenters. The SMILES string of the molecule is CCCCCC/C=C\CCCCCCCC(=O)O[C@H](COC(=O)CCCCCCCCCCCCC)CO[C@@H]1O[C@H](CO)[C@H](O)[C@H](O)[C@H]1O. The average molecular weight is 701 g/mol. The molecule has 10 heteroatoms. The summed E-state index contributed by atoms with van der Waals surface area (Å²) in [5.74, 6) is -0.814. The molecular formula is C39H72O10. The van der Waals surface area contributed by atoms with E-state index in [0.717, 1.165) is 57.8 Å². The van der Waals surface area contributed by atoms with Crippen molar-refractivity contribution in [3.05, 3.63) is 12.2 Å². The van der Waals surface area contributed by atoms with Crippen molar-refractivity contribution in [1.82, 2.24) is 0 Å². The molecule has 49 heavy (non-hydrogen) atoms. The summed E-state index contributed by atoms with van der Waals surface area (Å²) in [7, 11) is 0. The van der Waals surface area contributed by atoms with Gasteiger partial charge in [0.2, 0.25) is 0 Å². The Bertz CT molecular complexity index is 820. The van der Waals surface area contributed by atoms with Crippen LogP contribution in [0.25, 0.3) is 0 Å². The van der Waals surface area contributed by atoms with Crippen molar-refractivity contribution in [2.45, 2.75) is 205 Å². The van der Waals surface area contributed by atoms with Gasteiger partial charge in [-0.2, -0.15) is 0 Å². The average Bonchev–Trinajstić information content (AvgIpc) is 3.10. The van der Waals surface area contributed by atoms with Gasteiger partial charge in [-0.15, -0.1) is 0 Å². The van der Waals surface area contributed by atoms with Crippen molar-refractivity contribution in [2.24, 2.45) is 0 Å². The summed E-state index contributed by atoms with van der Waals surface area (Å²) >= 11 is 0. The molecule has 0 bridgehead atoms. The van der Waals surface area contributed by atoms with Crippen LogP contribution in [0.3, 0.4) is 0 Å². The van der Waals surface area contributed by atoms with E-state index in [-0.39, 0.29) is 32.0 Å². The van der Waals surface area contributed by atoms with Gasteiger partial charge in [0.05, 0.1) is 13.2 Å². The standard InChI is InChI=1S/C39H72O10/c1-3-5-7-9-11-13-15-16-18-20-22-24-26-28-35(42)48-32(31-47-39-38(45)37(44)36(43)33(29-40)49-39)30-46-34(41)27-25-23-21-19-17-14-12-10-8-6-4-2/h13,15,32-33,36-40,43-45H,3-12,14,16-31H2,1-2H3/b15-13-/t32-,33-,36+,37+,38-,39-/m1/s1. The third kappa shape index (κ3) is 23.5. The van der Waals surface area contributed by atoms with Gasteiger partial charge in [0.15, 0.2) is 12.4 Å². The quantitative estimate of drug-likeness (QED) is 0.0322. The molecule has 288 valence electrons. The van der Waals surface area contributed by atoms with Gasteiger partial charge in [0, 0.05) is 12.8 Å². The highest BCUT2D eigenvalue weighted by atomic mass is 16.7. The Morgan fingerprint density at radius 2 is 1.08 bits per heavy atom. The van der Waals surface area contributed by atoms with Crippen LogP contribution in [-0.4, -0.2) is 89.0 Å². The fourth-order valence-electron chi connectivity index (χ4n) is 5.95. The van der Waals surface area contributed by atoms with Crippen LogP contribution in [0.1, 0.15) is 168 Å². The van der Waals surface area contributed by atoms with Crippen LogP contribution in [0.4, 0.5) is 0 Å². The molecule has 1 heterocycles. The lowest BCUT2D eigenvalue weighted by Crippen LogP contribution is -2.59. The van der Waals surface area contributed by atoms with E-state index in [2.05, 4.69) is 26.0 Å². The van der Waals surface area contributed by atoms with Crippen LogP contribution in [0.2, 0.25) is 0 Å². The summed E-state index contributed by atoms with van der Waals surface area (Å²) in [6.45, 7) is 3.38. The number of aliphatic hydroxyl groups is 4. The molecule has 0 spiro atoms. The number of ether oxygens (including phenoxy) is 4. The maximum atomic E-state index is 12.7. The number of aliphatic hydroxyl groups excluding tert-OH is 4. The largest absolute Gasteiger partial charge is 0.462 e. The molecule has 1 aliphatic heterocycles. The maximum Gasteiger partial charge on any atom is 0.306 e. The Kier molecular flexibility index (Phi) is 28.9. The highest BCUT2D eigenvalue weighted by molar-refractivity contribution is 5.70. The molecule has 1 rings (SSSR count). The van der Waals surface area contributed by atoms with Crippen molar-refractivity contribution in [3.8, 4) is 0 Å². The van der Waals surface area contributed by atoms with Crippen LogP contribution in [0.15, 0.2) is 12.2 Å². The van der Waals surface area contributed by atoms with Crippen molar-refractivity contribution >= 4 is 11.9 Å². The number of esters is 2. The number of carbonyl (C=O) groups is 2. The fraction of sp³-hybridized carbons (Fsp3) is 0.897. The van der Waals surface area contributed by atoms with E-state index in [9.17, 15) is 30.0 Å². The zero-order valence-electron chi connectivity index (χ0n) is 30.9. The molecule has 1 saturated heterocycles. The van der Waals surface area contributed by atoms with Crippen molar-refractivity contribution in [1.29, 1.82) is 0 Å². The summed E-state index contributed by atoms with van der Waals surface area (Å²) in [6, 6.07) is 0. The van der Waals surface area contributed by atoms with Gasteiger partial charge in [0.1, 0.15) is 31.0 Å². The van der Waals surface area contributed by atoms with E-state index in [4.69, 9.17) is 18.9 Å². The Morgan fingerprint density at radius 3 is 1.61 bits per heavy atom. The zero-order chi connectivity index (χ0) is 36.0. The minimum atomic E-state index is -1.59. The van der Waals surface area contributed by atoms with Gasteiger partial charge < -0.3 is 39.4 Å². The molecule has 0 aromatic heterocycles. The summed E-state index contributed by atoms with van der Waals surface area (Å²) < 4.78 is 22.0. The van der Waals surface area contributed by atoms with Crippen molar-refractivity contribution in [2.75, 3.05) is 19.8 Å². The van der Waals surface area contributed by atoms with Gasteiger partial charge in [-0.1, -0.05) is 129 Å². The lowest BCUT2D eigenvalue weighted by Gasteiger charge is -2.39. The van der Waals surface area contributed by atoms with Crippen LogP contribution in [0, 0.1) is 0 Å². The summed E-state index contributed by atoms with van der Waals surface area (Å²) in [5, 5.41) is 39.9. The van der Waals surface area contributed by atoms with E-state index in [1.165, 1.54) is 77.0 Å². The minimum Gasteiger partial charge on any atom is -0.462 e. The van der Waals surface area contributed by atoms with Gasteiger partial charge in [0.25, 0.3) is 0 Å². The number of hydrogen-bond donors (Lipinski definition) is 4. The highest BCUT2D eigenvalue weighted by Crippen LogP contribution is 2.22. The summed E-state index contributed by atoms with van der Waals surface area (Å²) in [5.41, 5.74) is 0. The summed E-state index contributed by atoms with van der Waals surface area (Å²) in [6.07, 6.45) is 22.2. The lowest BCUT2D eigenvalue weighted by molar-refractivity contribution is -0.305. The lowest BCUT2D eigenvalue weighted by atomic mass is 9.99. The maximum absolute atomic E-state index is 12.7. The van der Waals surface area contributed by atoms with Gasteiger partial charge in [-0.25, -0.2) is 0 Å². The minimum absolute atomic E-state index is 0.216. The second-order valence-electron chi connectivity index (χ2n) is 13.7. The van der Waals surface area contributed by atoms with Gasteiger partial charge in [-0.3, -0.25) is 9.59 Å². The Morgan fingerprint density at radius 1 is 0.612 bits per heavy atom. The topological polar surface area (TPSA) is 152 Å². The zero-order valence-corrected chi connectivity index (χ0v) is 30.9. The molecule has 0 amide bonds. The molecule has 0 aliphatic carbocycles. The van der Waals surface area contributed by atoms with Crippen LogP contribution in [0.5, 0.6) is 0 Å². The predicted octanol–water partition coefficient (Wildman–Crippen LogP) is 7.22. The molecule has 0 radical (unpaired) electrons. The van der Waals surface area contributed by atoms with E-state index in [1.807, 2.05) is 0 Å². The predicted molar refractivity (Wildman–Crippen MR) is 192 cm³/mol. The smallest absolute Gasteiger partial charge is 0.306 e. The molecule has 0 aromatic rings. The fourth-order valence-corrected chi connectivity index (χ4v) is 5.95. The second-order valence-corrected chi connectivity index (χ2v) is 13.7. The van der Waals surface area contributed by atoms with Crippen molar-refractivity contribution in [3.63, 3.8) is 0 Å². The molecule has 0 unspecified atom stereocenters. The monoisotopic (exact) mass is 701 g/mol. The molecule has 10 nitrogen and oxygen atoms in total. The number of unbranched alkanes of at least 4 members (excludes halogenated alkanes) is 19. The second kappa shape index (κ2) is 31.2. The highest BCUT2D eigenvalue weighted by Gasteiger charge is 2.44. The molecule has 4 N–H and O–H groups in total. The van der Waals surface area contributed by atoms with Crippen LogP contribution < -0.4 is 0 Å². The van der Waals surface area contributed by atoms with E-state index in [1.54, 1.807) is 0 Å². The van der Waals surface area contributed by atoms with E-state index in [0.29, 0.717) is 6.42 Å². The van der Waals surface area contributed by atoms with Crippen molar-refractivity contribution < 1.29 is 49.0 Å². The Labute approximate surface area is 297 Å². The first-order chi connectivity index (χ1) is 23.8. The van der Waals surface area contributed by atoms with Gasteiger partial charge >= 0.3 is 11.9 Å². The first kappa shape index (κ1) is 45.5. The van der Waals surface area contributed by atoms with E-state index < -0.39 is 49.4 Å². The van der Waals surface area contributed by atoms with E-state index >= 15 is 0 Å². The number of rotatable bonds is 32. The molecular weight excluding hydrogens is 628 g/mol. The third-order valence-electron chi connectivity index (χ3n) is 9.15. The number of allylic oxidation sites excluding steroid dienone is 2. The first-order valence-corrected chi connectivity index (χ1v) is 19.8. The Hall–Kier alpha value is -1.56. The normalized spacial score (nSPS) is 21.6. The molecule has 1 fully saturated rings. The Balaban J connectivity index is 2.40. The molecule has 0 aromatic carbocycles. The van der Waals surface area contributed by atoms with Crippen LogP contribution >= 0.6 is 0 Å².